The van der Waals surface area contributed by atoms with Crippen molar-refractivity contribution in [3.63, 3.8) is 0 Å². The molecule has 0 aliphatic rings. The van der Waals surface area contributed by atoms with E-state index in [0.717, 1.165) is 11.8 Å². The molecule has 0 aromatic heterocycles. The first kappa shape index (κ1) is 11.4. The van der Waals surface area contributed by atoms with Gasteiger partial charge in [0.25, 0.3) is 0 Å². The van der Waals surface area contributed by atoms with E-state index < -0.39 is 0 Å². The van der Waals surface area contributed by atoms with Gasteiger partial charge in [0.05, 0.1) is 0 Å². The lowest BCUT2D eigenvalue weighted by Crippen LogP contribution is -1.86. The van der Waals surface area contributed by atoms with Crippen molar-refractivity contribution in [2.75, 3.05) is 5.33 Å². The van der Waals surface area contributed by atoms with Gasteiger partial charge in [-0.05, 0) is 29.5 Å². The van der Waals surface area contributed by atoms with Crippen LogP contribution in [0.5, 0.6) is 0 Å². The van der Waals surface area contributed by atoms with E-state index in [4.69, 9.17) is 0 Å². The quantitative estimate of drug-likeness (QED) is 0.711. The molecule has 2 rings (SSSR count). The molecule has 2 aromatic carbocycles. The van der Waals surface area contributed by atoms with Crippen molar-refractivity contribution in [2.24, 2.45) is 0 Å². The monoisotopic (exact) mass is 274 g/mol. The van der Waals surface area contributed by atoms with Crippen molar-refractivity contribution in [2.45, 2.75) is 12.8 Å². The number of alkyl halides is 1. The molecule has 0 radical (unpaired) electrons. The van der Waals surface area contributed by atoms with Crippen LogP contribution < -0.4 is 0 Å². The molecule has 0 heterocycles. The number of rotatable bonds is 4. The van der Waals surface area contributed by atoms with Gasteiger partial charge in [0, 0.05) is 5.33 Å². The van der Waals surface area contributed by atoms with Crippen molar-refractivity contribution >= 4 is 15.9 Å². The third-order valence-corrected chi connectivity index (χ3v) is 3.22. The van der Waals surface area contributed by atoms with Crippen LogP contribution in [-0.2, 0) is 6.42 Å². The highest BCUT2D eigenvalue weighted by Crippen LogP contribution is 2.19. The summed E-state index contributed by atoms with van der Waals surface area (Å²) < 4.78 is 0. The van der Waals surface area contributed by atoms with Crippen molar-refractivity contribution in [1.82, 2.24) is 0 Å². The summed E-state index contributed by atoms with van der Waals surface area (Å²) in [6.07, 6.45) is 2.35. The Labute approximate surface area is 105 Å². The summed E-state index contributed by atoms with van der Waals surface area (Å²) in [6.45, 7) is 0. The number of benzene rings is 2. The average molecular weight is 275 g/mol. The highest BCUT2D eigenvalue weighted by atomic mass is 79.9. The number of aryl methyl sites for hydroxylation is 1. The molecule has 0 unspecified atom stereocenters. The molecule has 2 aromatic rings. The Morgan fingerprint density at radius 3 is 2.00 bits per heavy atom. The van der Waals surface area contributed by atoms with Gasteiger partial charge in [-0.25, -0.2) is 0 Å². The molecule has 1 heteroatoms. The normalized spacial score (nSPS) is 10.3. The first-order valence-electron chi connectivity index (χ1n) is 5.60. The van der Waals surface area contributed by atoms with E-state index >= 15 is 0 Å². The van der Waals surface area contributed by atoms with Gasteiger partial charge >= 0.3 is 0 Å². The molecule has 0 aliphatic heterocycles. The molecular formula is C15H15Br. The van der Waals surface area contributed by atoms with Gasteiger partial charge in [-0.1, -0.05) is 70.5 Å². The molecule has 82 valence electrons. The van der Waals surface area contributed by atoms with Gasteiger partial charge in [-0.2, -0.15) is 0 Å². The second-order valence-electron chi connectivity index (χ2n) is 3.86. The minimum absolute atomic E-state index is 1.08. The highest BCUT2D eigenvalue weighted by molar-refractivity contribution is 9.09. The van der Waals surface area contributed by atoms with Gasteiger partial charge in [-0.15, -0.1) is 0 Å². The fourth-order valence-electron chi connectivity index (χ4n) is 1.77. The molecule has 0 aliphatic carbocycles. The largest absolute Gasteiger partial charge is 0.0928 e. The molecule has 0 amide bonds. The molecule has 0 N–H and O–H groups in total. The Balaban J connectivity index is 2.13. The lowest BCUT2D eigenvalue weighted by molar-refractivity contribution is 0.940. The maximum Gasteiger partial charge on any atom is 0.00344 e. The van der Waals surface area contributed by atoms with Crippen molar-refractivity contribution < 1.29 is 0 Å². The predicted octanol–water partition coefficient (Wildman–Crippen LogP) is 4.68. The van der Waals surface area contributed by atoms with Gasteiger partial charge in [-0.3, -0.25) is 0 Å². The summed E-state index contributed by atoms with van der Waals surface area (Å²) in [5.41, 5.74) is 4.00. The van der Waals surface area contributed by atoms with Gasteiger partial charge in [0.2, 0.25) is 0 Å². The molecule has 0 atom stereocenters. The van der Waals surface area contributed by atoms with E-state index in [-0.39, 0.29) is 0 Å². The van der Waals surface area contributed by atoms with E-state index in [0.29, 0.717) is 0 Å². The highest BCUT2D eigenvalue weighted by Gasteiger charge is 1.97. The van der Waals surface area contributed by atoms with E-state index in [1.807, 2.05) is 6.07 Å². The molecular weight excluding hydrogens is 260 g/mol. The first-order valence-corrected chi connectivity index (χ1v) is 6.72. The Morgan fingerprint density at radius 1 is 0.750 bits per heavy atom. The van der Waals surface area contributed by atoms with Crippen LogP contribution in [0.2, 0.25) is 0 Å². The zero-order valence-electron chi connectivity index (χ0n) is 9.20. The summed E-state index contributed by atoms with van der Waals surface area (Å²) in [5.74, 6) is 0. The fraction of sp³-hybridized carbons (Fsp3) is 0.200. The number of hydrogen-bond acceptors (Lipinski definition) is 0. The standard InChI is InChI=1S/C15H15Br/c16-12-4-5-13-8-10-15(11-9-13)14-6-2-1-3-7-14/h1-3,6-11H,4-5,12H2. The smallest absolute Gasteiger partial charge is 0.00344 e. The second-order valence-corrected chi connectivity index (χ2v) is 4.65. The minimum Gasteiger partial charge on any atom is -0.0928 e. The van der Waals surface area contributed by atoms with Crippen LogP contribution in [0.4, 0.5) is 0 Å². The third kappa shape index (κ3) is 2.96. The topological polar surface area (TPSA) is 0 Å². The number of halogens is 1. The van der Waals surface area contributed by atoms with Gasteiger partial charge in [0.15, 0.2) is 0 Å². The van der Waals surface area contributed by atoms with E-state index in [1.165, 1.54) is 23.1 Å². The minimum atomic E-state index is 1.08. The van der Waals surface area contributed by atoms with Crippen LogP contribution in [0.1, 0.15) is 12.0 Å². The molecule has 0 spiro atoms. The van der Waals surface area contributed by atoms with Crippen molar-refractivity contribution in [1.29, 1.82) is 0 Å². The maximum atomic E-state index is 3.46. The zero-order valence-corrected chi connectivity index (χ0v) is 10.8. The Morgan fingerprint density at radius 2 is 1.38 bits per heavy atom. The first-order chi connectivity index (χ1) is 7.90. The second kappa shape index (κ2) is 5.86. The van der Waals surface area contributed by atoms with Crippen molar-refractivity contribution in [3.8, 4) is 11.1 Å². The fourth-order valence-corrected chi connectivity index (χ4v) is 2.05. The van der Waals surface area contributed by atoms with Gasteiger partial charge < -0.3 is 0 Å². The molecule has 0 bridgehead atoms. The summed E-state index contributed by atoms with van der Waals surface area (Å²) in [7, 11) is 0. The van der Waals surface area contributed by atoms with E-state index in [1.54, 1.807) is 0 Å². The average Bonchev–Trinajstić information content (AvgIpc) is 2.38. The summed E-state index contributed by atoms with van der Waals surface area (Å²) >= 11 is 3.46. The lowest BCUT2D eigenvalue weighted by atomic mass is 10.0. The van der Waals surface area contributed by atoms with Crippen LogP contribution in [0.3, 0.4) is 0 Å². The Kier molecular flexibility index (Phi) is 4.17. The van der Waals surface area contributed by atoms with Gasteiger partial charge in [0.1, 0.15) is 0 Å². The summed E-state index contributed by atoms with van der Waals surface area (Å²) in [5, 5.41) is 1.08. The van der Waals surface area contributed by atoms with E-state index in [9.17, 15) is 0 Å². The lowest BCUT2D eigenvalue weighted by Gasteiger charge is -2.03. The predicted molar refractivity (Wildman–Crippen MR) is 74.0 cm³/mol. The molecule has 0 fully saturated rings. The van der Waals surface area contributed by atoms with Crippen molar-refractivity contribution in [3.05, 3.63) is 60.2 Å². The Hall–Kier alpha value is -1.08. The Bertz CT molecular complexity index is 417. The van der Waals surface area contributed by atoms with Crippen LogP contribution in [0, 0.1) is 0 Å². The molecule has 16 heavy (non-hydrogen) atoms. The summed E-state index contributed by atoms with van der Waals surface area (Å²) in [6, 6.07) is 19.4. The third-order valence-electron chi connectivity index (χ3n) is 2.66. The SMILES string of the molecule is BrCCCc1ccc(-c2ccccc2)cc1. The van der Waals surface area contributed by atoms with E-state index in [2.05, 4.69) is 64.5 Å². The summed E-state index contributed by atoms with van der Waals surface area (Å²) in [4.78, 5) is 0. The van der Waals surface area contributed by atoms with Crippen LogP contribution >= 0.6 is 15.9 Å². The molecule has 0 saturated heterocycles. The van der Waals surface area contributed by atoms with Crippen LogP contribution in [0.25, 0.3) is 11.1 Å². The maximum absolute atomic E-state index is 3.46. The van der Waals surface area contributed by atoms with Crippen LogP contribution in [-0.4, -0.2) is 5.33 Å². The number of hydrogen-bond donors (Lipinski definition) is 0. The molecule has 0 nitrogen and oxygen atoms in total. The molecule has 0 saturated carbocycles. The zero-order chi connectivity index (χ0) is 11.2. The van der Waals surface area contributed by atoms with Crippen LogP contribution in [0.15, 0.2) is 54.6 Å².